The summed E-state index contributed by atoms with van der Waals surface area (Å²) in [6.45, 7) is 23.4. The van der Waals surface area contributed by atoms with E-state index in [0.29, 0.717) is 0 Å². The van der Waals surface area contributed by atoms with Crippen LogP contribution in [0.3, 0.4) is 0 Å². The molecule has 1 aliphatic rings. The normalized spacial score (nSPS) is 25.4. The second-order valence-electron chi connectivity index (χ2n) is 8.46. The Morgan fingerprint density at radius 3 is 2.15 bits per heavy atom. The lowest BCUT2D eigenvalue weighted by Crippen LogP contribution is -2.51. The molecular formula is C25H50O2. The summed E-state index contributed by atoms with van der Waals surface area (Å²) in [6.07, 6.45) is 12.5. The average molecular weight is 383 g/mol. The van der Waals surface area contributed by atoms with Crippen molar-refractivity contribution in [1.29, 1.82) is 0 Å². The van der Waals surface area contributed by atoms with E-state index in [-0.39, 0.29) is 29.6 Å². The summed E-state index contributed by atoms with van der Waals surface area (Å²) in [5.41, 5.74) is 1.06. The zero-order valence-corrected chi connectivity index (χ0v) is 20.0. The van der Waals surface area contributed by atoms with E-state index in [0.717, 1.165) is 19.3 Å². The SMILES string of the molecule is C=C/C(=C\CCCCC)C1OC(C)(C)CCC1(C)C(C)CO.CC.CCC. The second kappa shape index (κ2) is 15.3. The molecule has 2 heteroatoms. The van der Waals surface area contributed by atoms with Gasteiger partial charge in [0.05, 0.1) is 11.7 Å². The third-order valence-corrected chi connectivity index (χ3v) is 5.43. The van der Waals surface area contributed by atoms with Gasteiger partial charge in [-0.05, 0) is 51.0 Å². The van der Waals surface area contributed by atoms with Gasteiger partial charge in [0.15, 0.2) is 0 Å². The van der Waals surface area contributed by atoms with Gasteiger partial charge in [0, 0.05) is 12.0 Å². The number of aliphatic hydroxyl groups is 1. The van der Waals surface area contributed by atoms with Crippen LogP contribution in [0.1, 0.15) is 107 Å². The third kappa shape index (κ3) is 9.94. The fourth-order valence-electron chi connectivity index (χ4n) is 3.34. The maximum Gasteiger partial charge on any atom is 0.0885 e. The molecule has 27 heavy (non-hydrogen) atoms. The maximum absolute atomic E-state index is 9.70. The van der Waals surface area contributed by atoms with E-state index in [9.17, 15) is 5.11 Å². The van der Waals surface area contributed by atoms with Crippen LogP contribution in [0.5, 0.6) is 0 Å². The molecule has 2 nitrogen and oxygen atoms in total. The Labute approximate surface area is 171 Å². The summed E-state index contributed by atoms with van der Waals surface area (Å²) in [6, 6.07) is 0. The summed E-state index contributed by atoms with van der Waals surface area (Å²) < 4.78 is 6.47. The van der Waals surface area contributed by atoms with E-state index in [1.807, 2.05) is 19.9 Å². The number of aliphatic hydroxyl groups excluding tert-OH is 1. The quantitative estimate of drug-likeness (QED) is 0.344. The number of rotatable bonds is 8. The second-order valence-corrected chi connectivity index (χ2v) is 8.46. The Hall–Kier alpha value is -0.600. The number of unbranched alkanes of at least 4 members (excludes halogenated alkanes) is 3. The predicted molar refractivity (Wildman–Crippen MR) is 122 cm³/mol. The van der Waals surface area contributed by atoms with E-state index in [1.165, 1.54) is 31.3 Å². The van der Waals surface area contributed by atoms with Crippen molar-refractivity contribution in [2.75, 3.05) is 6.61 Å². The molecule has 0 radical (unpaired) electrons. The molecule has 3 unspecified atom stereocenters. The predicted octanol–water partition coefficient (Wildman–Crippen LogP) is 7.71. The zero-order valence-electron chi connectivity index (χ0n) is 20.0. The Bertz CT molecular complexity index is 397. The summed E-state index contributed by atoms with van der Waals surface area (Å²) in [7, 11) is 0. The third-order valence-electron chi connectivity index (χ3n) is 5.43. The molecule has 0 aromatic heterocycles. The van der Waals surface area contributed by atoms with E-state index in [4.69, 9.17) is 4.74 Å². The minimum atomic E-state index is -0.106. The van der Waals surface area contributed by atoms with Crippen molar-refractivity contribution < 1.29 is 9.84 Å². The van der Waals surface area contributed by atoms with Crippen LogP contribution in [0.4, 0.5) is 0 Å². The number of ether oxygens (including phenoxy) is 1. The van der Waals surface area contributed by atoms with E-state index in [2.05, 4.69) is 61.1 Å². The van der Waals surface area contributed by atoms with E-state index in [1.54, 1.807) is 0 Å². The molecule has 0 aliphatic carbocycles. The lowest BCUT2D eigenvalue weighted by Gasteiger charge is -2.51. The van der Waals surface area contributed by atoms with Crippen LogP contribution in [0.25, 0.3) is 0 Å². The number of hydrogen-bond acceptors (Lipinski definition) is 2. The molecular weight excluding hydrogens is 332 g/mol. The summed E-state index contributed by atoms with van der Waals surface area (Å²) in [4.78, 5) is 0. The van der Waals surface area contributed by atoms with Crippen molar-refractivity contribution in [3.63, 3.8) is 0 Å². The Morgan fingerprint density at radius 2 is 1.70 bits per heavy atom. The molecule has 0 bridgehead atoms. The highest BCUT2D eigenvalue weighted by atomic mass is 16.5. The highest BCUT2D eigenvalue weighted by Crippen LogP contribution is 2.48. The highest BCUT2D eigenvalue weighted by Gasteiger charge is 2.47. The average Bonchev–Trinajstić information content (AvgIpc) is 2.66. The van der Waals surface area contributed by atoms with Crippen molar-refractivity contribution in [3.05, 3.63) is 24.3 Å². The molecule has 1 rings (SSSR count). The van der Waals surface area contributed by atoms with Gasteiger partial charge in [-0.3, -0.25) is 0 Å². The van der Waals surface area contributed by atoms with Gasteiger partial charge in [-0.2, -0.15) is 0 Å². The van der Waals surface area contributed by atoms with Crippen LogP contribution in [-0.2, 0) is 4.74 Å². The minimum Gasteiger partial charge on any atom is -0.396 e. The molecule has 0 aromatic carbocycles. The first-order chi connectivity index (χ1) is 12.7. The molecule has 1 saturated heterocycles. The van der Waals surface area contributed by atoms with Crippen molar-refractivity contribution >= 4 is 0 Å². The molecule has 3 atom stereocenters. The van der Waals surface area contributed by atoms with Crippen molar-refractivity contribution in [3.8, 4) is 0 Å². The highest BCUT2D eigenvalue weighted by molar-refractivity contribution is 5.26. The minimum absolute atomic E-state index is 0.0255. The molecule has 0 spiro atoms. The molecule has 162 valence electrons. The first-order valence-electron chi connectivity index (χ1n) is 11.3. The van der Waals surface area contributed by atoms with Crippen LogP contribution in [-0.4, -0.2) is 23.4 Å². The summed E-state index contributed by atoms with van der Waals surface area (Å²) in [5.74, 6) is 0.215. The molecule has 1 N–H and O–H groups in total. The maximum atomic E-state index is 9.70. The van der Waals surface area contributed by atoms with Gasteiger partial charge in [0.2, 0.25) is 0 Å². The van der Waals surface area contributed by atoms with Gasteiger partial charge < -0.3 is 9.84 Å². The molecule has 1 heterocycles. The first kappa shape index (κ1) is 28.6. The lowest BCUT2D eigenvalue weighted by molar-refractivity contribution is -0.168. The van der Waals surface area contributed by atoms with Gasteiger partial charge in [-0.25, -0.2) is 0 Å². The monoisotopic (exact) mass is 382 g/mol. The van der Waals surface area contributed by atoms with Crippen molar-refractivity contribution in [2.45, 2.75) is 119 Å². The Morgan fingerprint density at radius 1 is 1.15 bits per heavy atom. The van der Waals surface area contributed by atoms with Gasteiger partial charge in [0.25, 0.3) is 0 Å². The molecule has 0 aromatic rings. The topological polar surface area (TPSA) is 29.5 Å². The fraction of sp³-hybridized carbons (Fsp3) is 0.840. The number of hydrogen-bond donors (Lipinski definition) is 1. The van der Waals surface area contributed by atoms with Gasteiger partial charge in [0.1, 0.15) is 0 Å². The van der Waals surface area contributed by atoms with Crippen molar-refractivity contribution in [1.82, 2.24) is 0 Å². The lowest BCUT2D eigenvalue weighted by atomic mass is 9.65. The van der Waals surface area contributed by atoms with E-state index >= 15 is 0 Å². The molecule has 0 amide bonds. The van der Waals surface area contributed by atoms with Crippen molar-refractivity contribution in [2.24, 2.45) is 11.3 Å². The Kier molecular flexibility index (Phi) is 16.3. The first-order valence-corrected chi connectivity index (χ1v) is 11.3. The van der Waals surface area contributed by atoms with Gasteiger partial charge in [-0.15, -0.1) is 0 Å². The molecule has 1 aliphatic heterocycles. The zero-order chi connectivity index (χ0) is 21.5. The summed E-state index contributed by atoms with van der Waals surface area (Å²) >= 11 is 0. The number of allylic oxidation sites excluding steroid dienone is 1. The largest absolute Gasteiger partial charge is 0.396 e. The van der Waals surface area contributed by atoms with Crippen LogP contribution in [0.15, 0.2) is 24.3 Å². The van der Waals surface area contributed by atoms with Crippen LogP contribution in [0, 0.1) is 11.3 Å². The van der Waals surface area contributed by atoms with Gasteiger partial charge in [-0.1, -0.05) is 86.5 Å². The van der Waals surface area contributed by atoms with E-state index < -0.39 is 0 Å². The summed E-state index contributed by atoms with van der Waals surface area (Å²) in [5, 5.41) is 9.70. The van der Waals surface area contributed by atoms with Gasteiger partial charge >= 0.3 is 0 Å². The van der Waals surface area contributed by atoms with Crippen LogP contribution in [0.2, 0.25) is 0 Å². The smallest absolute Gasteiger partial charge is 0.0885 e. The molecule has 0 saturated carbocycles. The fourth-order valence-corrected chi connectivity index (χ4v) is 3.34. The Balaban J connectivity index is 0. The van der Waals surface area contributed by atoms with Crippen LogP contribution < -0.4 is 0 Å². The molecule has 1 fully saturated rings. The standard InChI is InChI=1S/C20H36O2.C3H8.C2H6/c1-7-9-10-11-12-17(8-2)18-20(6,16(3)15-21)14-13-19(4,5)22-18;1-3-2;1-2/h8,12,16,18,21H,2,7,9-11,13-15H2,1,3-6H3;3H2,1-2H3;1-2H3/b17-12+;;. The van der Waals surface area contributed by atoms with Crippen LogP contribution >= 0.6 is 0 Å².